The van der Waals surface area contributed by atoms with Gasteiger partial charge in [0.25, 0.3) is 0 Å². The average Bonchev–Trinajstić information content (AvgIpc) is 2.80. The van der Waals surface area contributed by atoms with Crippen molar-refractivity contribution in [1.82, 2.24) is 9.47 Å². The molecule has 0 bridgehead atoms. The molecule has 0 fully saturated rings. The molecule has 17 heavy (non-hydrogen) atoms. The minimum Gasteiger partial charge on any atom is -0.389 e. The second kappa shape index (κ2) is 6.42. The van der Waals surface area contributed by atoms with E-state index in [1.165, 1.54) is 12.0 Å². The number of aliphatic hydroxyl groups excluding tert-OH is 1. The Morgan fingerprint density at radius 2 is 2.06 bits per heavy atom. The van der Waals surface area contributed by atoms with Gasteiger partial charge >= 0.3 is 0 Å². The van der Waals surface area contributed by atoms with Crippen molar-refractivity contribution in [2.75, 3.05) is 27.3 Å². The van der Waals surface area contributed by atoms with Crippen LogP contribution in [0, 0.1) is 0 Å². The first-order valence-electron chi connectivity index (χ1n) is 5.60. The fourth-order valence-electron chi connectivity index (χ4n) is 1.70. The number of likely N-dealkylation sites (N-methyl/N-ethyl adjacent to an activating group) is 1. The molecule has 1 heterocycles. The number of aromatic nitrogens is 1. The molecule has 1 N–H and O–H groups in total. The minimum absolute atomic E-state index is 0.0312. The van der Waals surface area contributed by atoms with Crippen molar-refractivity contribution in [2.24, 2.45) is 0 Å². The van der Waals surface area contributed by atoms with E-state index in [0.29, 0.717) is 0 Å². The maximum absolute atomic E-state index is 12.0. The topological polar surface area (TPSA) is 54.7 Å². The van der Waals surface area contributed by atoms with E-state index in [4.69, 9.17) is 4.74 Å². The summed E-state index contributed by atoms with van der Waals surface area (Å²) in [5, 5.41) is 9.56. The smallest absolute Gasteiger partial charge is 0.245 e. The van der Waals surface area contributed by atoms with E-state index in [0.717, 1.165) is 0 Å². The van der Waals surface area contributed by atoms with Crippen LogP contribution in [0.5, 0.6) is 0 Å². The Balaban J connectivity index is 2.52. The summed E-state index contributed by atoms with van der Waals surface area (Å²) in [4.78, 5) is 13.6. The van der Waals surface area contributed by atoms with Crippen molar-refractivity contribution >= 4 is 5.91 Å². The molecule has 0 saturated heterocycles. The second-order valence-electron chi connectivity index (χ2n) is 4.13. The quantitative estimate of drug-likeness (QED) is 0.788. The van der Waals surface area contributed by atoms with E-state index in [-0.39, 0.29) is 25.1 Å². The summed E-state index contributed by atoms with van der Waals surface area (Å²) in [5.41, 5.74) is 0. The molecular weight excluding hydrogens is 220 g/mol. The maximum atomic E-state index is 12.0. The van der Waals surface area contributed by atoms with E-state index in [1.54, 1.807) is 7.05 Å². The monoisotopic (exact) mass is 240 g/mol. The van der Waals surface area contributed by atoms with Gasteiger partial charge in [-0.3, -0.25) is 4.79 Å². The number of aliphatic hydroxyl groups is 1. The standard InChI is InChI=1S/C12H20N2O3/c1-10(14-6-4-5-7-14)12(16)13(2)8-11(15)9-17-3/h4-7,10-11,15H,8-9H2,1-3H3. The molecule has 2 atom stereocenters. The summed E-state index contributed by atoms with van der Waals surface area (Å²) >= 11 is 0. The molecule has 5 heteroatoms. The molecule has 0 spiro atoms. The summed E-state index contributed by atoms with van der Waals surface area (Å²) in [7, 11) is 3.20. The van der Waals surface area contributed by atoms with Gasteiger partial charge in [-0.15, -0.1) is 0 Å². The summed E-state index contributed by atoms with van der Waals surface area (Å²) in [6, 6.07) is 3.50. The number of carbonyl (C=O) groups excluding carboxylic acids is 1. The second-order valence-corrected chi connectivity index (χ2v) is 4.13. The first-order valence-corrected chi connectivity index (χ1v) is 5.60. The lowest BCUT2D eigenvalue weighted by molar-refractivity contribution is -0.134. The summed E-state index contributed by atoms with van der Waals surface area (Å²) < 4.78 is 6.66. The Hall–Kier alpha value is -1.33. The summed E-state index contributed by atoms with van der Waals surface area (Å²) in [6.07, 6.45) is 3.05. The van der Waals surface area contributed by atoms with E-state index in [9.17, 15) is 9.90 Å². The molecule has 0 aliphatic rings. The van der Waals surface area contributed by atoms with Gasteiger partial charge in [0.1, 0.15) is 6.04 Å². The van der Waals surface area contributed by atoms with Crippen LogP contribution in [-0.4, -0.2) is 53.9 Å². The highest BCUT2D eigenvalue weighted by Crippen LogP contribution is 2.09. The number of nitrogens with zero attached hydrogens (tertiary/aromatic N) is 2. The molecular formula is C12H20N2O3. The lowest BCUT2D eigenvalue weighted by Crippen LogP contribution is -2.39. The first-order chi connectivity index (χ1) is 8.06. The van der Waals surface area contributed by atoms with Crippen molar-refractivity contribution in [3.8, 4) is 0 Å². The van der Waals surface area contributed by atoms with Crippen molar-refractivity contribution in [3.63, 3.8) is 0 Å². The van der Waals surface area contributed by atoms with E-state index in [1.807, 2.05) is 36.0 Å². The highest BCUT2D eigenvalue weighted by Gasteiger charge is 2.20. The number of methoxy groups -OCH3 is 1. The SMILES string of the molecule is COCC(O)CN(C)C(=O)C(C)n1cccc1. The third-order valence-electron chi connectivity index (χ3n) is 2.65. The maximum Gasteiger partial charge on any atom is 0.245 e. The molecule has 2 unspecified atom stereocenters. The summed E-state index contributed by atoms with van der Waals surface area (Å²) in [6.45, 7) is 2.34. The number of hydrogen-bond donors (Lipinski definition) is 1. The Kier molecular flexibility index (Phi) is 5.18. The summed E-state index contributed by atoms with van der Waals surface area (Å²) in [5.74, 6) is -0.0312. The predicted molar refractivity (Wildman–Crippen MR) is 64.7 cm³/mol. The van der Waals surface area contributed by atoms with Crippen LogP contribution in [0.2, 0.25) is 0 Å². The molecule has 1 aromatic heterocycles. The lowest BCUT2D eigenvalue weighted by Gasteiger charge is -2.24. The Morgan fingerprint density at radius 3 is 2.59 bits per heavy atom. The average molecular weight is 240 g/mol. The molecule has 0 aromatic carbocycles. The van der Waals surface area contributed by atoms with Crippen LogP contribution in [0.4, 0.5) is 0 Å². The third-order valence-corrected chi connectivity index (χ3v) is 2.65. The zero-order valence-corrected chi connectivity index (χ0v) is 10.5. The molecule has 1 aromatic rings. The van der Waals surface area contributed by atoms with Gasteiger partial charge in [0, 0.05) is 33.1 Å². The molecule has 96 valence electrons. The lowest BCUT2D eigenvalue weighted by atomic mass is 10.2. The van der Waals surface area contributed by atoms with Gasteiger partial charge in [-0.2, -0.15) is 0 Å². The van der Waals surface area contributed by atoms with Gasteiger partial charge in [0.15, 0.2) is 0 Å². The molecule has 5 nitrogen and oxygen atoms in total. The van der Waals surface area contributed by atoms with E-state index < -0.39 is 6.10 Å². The fraction of sp³-hybridized carbons (Fsp3) is 0.583. The van der Waals surface area contributed by atoms with Gasteiger partial charge in [0.2, 0.25) is 5.91 Å². The van der Waals surface area contributed by atoms with Crippen LogP contribution in [0.15, 0.2) is 24.5 Å². The number of amides is 1. The van der Waals surface area contributed by atoms with Crippen molar-refractivity contribution in [3.05, 3.63) is 24.5 Å². The molecule has 0 radical (unpaired) electrons. The normalized spacial score (nSPS) is 14.4. The first kappa shape index (κ1) is 13.7. The number of rotatable bonds is 6. The predicted octanol–water partition coefficient (Wildman–Crippen LogP) is 0.515. The highest BCUT2D eigenvalue weighted by atomic mass is 16.5. The van der Waals surface area contributed by atoms with Crippen LogP contribution < -0.4 is 0 Å². The van der Waals surface area contributed by atoms with Gasteiger partial charge in [-0.25, -0.2) is 0 Å². The Morgan fingerprint density at radius 1 is 1.47 bits per heavy atom. The zero-order chi connectivity index (χ0) is 12.8. The molecule has 1 rings (SSSR count). The number of hydrogen-bond acceptors (Lipinski definition) is 3. The van der Waals surface area contributed by atoms with Crippen LogP contribution in [0.1, 0.15) is 13.0 Å². The van der Waals surface area contributed by atoms with Crippen LogP contribution in [0.25, 0.3) is 0 Å². The van der Waals surface area contributed by atoms with Crippen LogP contribution in [0.3, 0.4) is 0 Å². The van der Waals surface area contributed by atoms with Crippen molar-refractivity contribution in [2.45, 2.75) is 19.1 Å². The number of carbonyl (C=O) groups is 1. The fourth-order valence-corrected chi connectivity index (χ4v) is 1.70. The van der Waals surface area contributed by atoms with Crippen LogP contribution >= 0.6 is 0 Å². The van der Waals surface area contributed by atoms with Gasteiger partial charge in [-0.1, -0.05) is 0 Å². The molecule has 1 amide bonds. The van der Waals surface area contributed by atoms with Crippen molar-refractivity contribution < 1.29 is 14.6 Å². The van der Waals surface area contributed by atoms with Gasteiger partial charge < -0.3 is 19.3 Å². The van der Waals surface area contributed by atoms with Gasteiger partial charge in [0.05, 0.1) is 12.7 Å². The molecule has 0 saturated carbocycles. The van der Waals surface area contributed by atoms with E-state index in [2.05, 4.69) is 0 Å². The zero-order valence-electron chi connectivity index (χ0n) is 10.5. The largest absolute Gasteiger partial charge is 0.389 e. The highest BCUT2D eigenvalue weighted by molar-refractivity contribution is 5.79. The molecule has 0 aliphatic carbocycles. The number of ether oxygens (including phenoxy) is 1. The van der Waals surface area contributed by atoms with E-state index >= 15 is 0 Å². The molecule has 0 aliphatic heterocycles. The van der Waals surface area contributed by atoms with Crippen LogP contribution in [-0.2, 0) is 9.53 Å². The van der Waals surface area contributed by atoms with Gasteiger partial charge in [-0.05, 0) is 19.1 Å². The Labute approximate surface area is 102 Å². The minimum atomic E-state index is -0.647. The third kappa shape index (κ3) is 3.87. The van der Waals surface area contributed by atoms with Crippen molar-refractivity contribution in [1.29, 1.82) is 0 Å². The Bertz CT molecular complexity index is 338.